The second-order valence-electron chi connectivity index (χ2n) is 3.78. The SMILES string of the molecule is O=C(N/N=C/c1ccco1)Nc1cccc2nsnc12. The maximum Gasteiger partial charge on any atom is 0.339 e. The number of nitrogens with zero attached hydrogens (tertiary/aromatic N) is 3. The van der Waals surface area contributed by atoms with Crippen LogP contribution in [0.25, 0.3) is 11.0 Å². The Hall–Kier alpha value is -2.74. The third kappa shape index (κ3) is 2.64. The van der Waals surface area contributed by atoms with E-state index in [-0.39, 0.29) is 0 Å². The number of benzene rings is 1. The monoisotopic (exact) mass is 287 g/mol. The molecule has 100 valence electrons. The fraction of sp³-hybridized carbons (Fsp3) is 0. The van der Waals surface area contributed by atoms with Crippen molar-refractivity contribution in [3.8, 4) is 0 Å². The molecule has 0 saturated carbocycles. The lowest BCUT2D eigenvalue weighted by Gasteiger charge is -2.03. The standard InChI is InChI=1S/C12H9N5O2S/c18-12(15-13-7-8-3-2-6-19-8)14-9-4-1-5-10-11(9)17-20-16-10/h1-7H,(H2,14,15,18)/b13-7+. The predicted octanol–water partition coefficient (Wildman–Crippen LogP) is 2.44. The summed E-state index contributed by atoms with van der Waals surface area (Å²) in [7, 11) is 0. The van der Waals surface area contributed by atoms with Crippen molar-refractivity contribution in [3.05, 3.63) is 42.4 Å². The van der Waals surface area contributed by atoms with Crippen LogP contribution in [0.15, 0.2) is 46.1 Å². The van der Waals surface area contributed by atoms with Crippen molar-refractivity contribution in [1.29, 1.82) is 0 Å². The third-order valence-corrected chi connectivity index (χ3v) is 2.98. The molecule has 0 aliphatic carbocycles. The van der Waals surface area contributed by atoms with Crippen molar-refractivity contribution >= 4 is 40.7 Å². The Balaban J connectivity index is 1.65. The summed E-state index contributed by atoms with van der Waals surface area (Å²) in [4.78, 5) is 11.7. The van der Waals surface area contributed by atoms with Crippen LogP contribution in [0.2, 0.25) is 0 Å². The van der Waals surface area contributed by atoms with Crippen molar-refractivity contribution in [2.24, 2.45) is 5.10 Å². The highest BCUT2D eigenvalue weighted by molar-refractivity contribution is 7.00. The summed E-state index contributed by atoms with van der Waals surface area (Å²) >= 11 is 1.10. The minimum Gasteiger partial charge on any atom is -0.463 e. The molecule has 0 atom stereocenters. The van der Waals surface area contributed by atoms with Gasteiger partial charge in [-0.25, -0.2) is 10.2 Å². The van der Waals surface area contributed by atoms with E-state index in [1.807, 2.05) is 6.07 Å². The predicted molar refractivity (Wildman–Crippen MR) is 75.9 cm³/mol. The number of hydrogen-bond acceptors (Lipinski definition) is 6. The fourth-order valence-corrected chi connectivity index (χ4v) is 2.13. The summed E-state index contributed by atoms with van der Waals surface area (Å²) in [5, 5.41) is 6.42. The zero-order chi connectivity index (χ0) is 13.8. The molecule has 0 saturated heterocycles. The van der Waals surface area contributed by atoms with E-state index in [0.717, 1.165) is 17.2 Å². The molecule has 0 unspecified atom stereocenters. The number of carbonyl (C=O) groups is 1. The molecule has 0 fully saturated rings. The first-order valence-electron chi connectivity index (χ1n) is 5.68. The number of hydrazone groups is 1. The van der Waals surface area contributed by atoms with Gasteiger partial charge in [0.05, 0.1) is 29.9 Å². The summed E-state index contributed by atoms with van der Waals surface area (Å²) in [5.41, 5.74) is 4.32. The van der Waals surface area contributed by atoms with Gasteiger partial charge in [0.1, 0.15) is 16.8 Å². The Morgan fingerprint density at radius 2 is 2.25 bits per heavy atom. The zero-order valence-electron chi connectivity index (χ0n) is 10.1. The number of rotatable bonds is 3. The van der Waals surface area contributed by atoms with Crippen LogP contribution >= 0.6 is 11.7 Å². The van der Waals surface area contributed by atoms with Crippen LogP contribution in [-0.4, -0.2) is 21.0 Å². The van der Waals surface area contributed by atoms with E-state index in [1.165, 1.54) is 12.5 Å². The molecular formula is C12H9N5O2S. The van der Waals surface area contributed by atoms with E-state index in [9.17, 15) is 4.79 Å². The van der Waals surface area contributed by atoms with E-state index < -0.39 is 6.03 Å². The molecule has 2 N–H and O–H groups in total. The van der Waals surface area contributed by atoms with Crippen LogP contribution in [0.1, 0.15) is 5.76 Å². The van der Waals surface area contributed by atoms with Crippen molar-refractivity contribution in [3.63, 3.8) is 0 Å². The van der Waals surface area contributed by atoms with Crippen LogP contribution in [0.5, 0.6) is 0 Å². The first kappa shape index (κ1) is 12.3. The van der Waals surface area contributed by atoms with Gasteiger partial charge in [0.2, 0.25) is 0 Å². The lowest BCUT2D eigenvalue weighted by atomic mass is 10.2. The summed E-state index contributed by atoms with van der Waals surface area (Å²) in [5.74, 6) is 0.552. The molecule has 3 aromatic rings. The number of urea groups is 1. The summed E-state index contributed by atoms with van der Waals surface area (Å²) < 4.78 is 13.3. The quantitative estimate of drug-likeness (QED) is 0.571. The summed E-state index contributed by atoms with van der Waals surface area (Å²) in [6, 6.07) is 8.37. The average Bonchev–Trinajstić information content (AvgIpc) is 3.09. The highest BCUT2D eigenvalue weighted by Gasteiger charge is 2.07. The minimum atomic E-state index is -0.465. The Morgan fingerprint density at radius 1 is 1.30 bits per heavy atom. The van der Waals surface area contributed by atoms with Gasteiger partial charge in [-0.3, -0.25) is 0 Å². The number of fused-ring (bicyclic) bond motifs is 1. The number of furan rings is 1. The third-order valence-electron chi connectivity index (χ3n) is 2.44. The lowest BCUT2D eigenvalue weighted by Crippen LogP contribution is -2.24. The maximum atomic E-state index is 11.7. The highest BCUT2D eigenvalue weighted by Crippen LogP contribution is 2.20. The number of carbonyl (C=O) groups excluding carboxylic acids is 1. The molecule has 2 heterocycles. The molecule has 0 aliphatic rings. The number of aromatic nitrogens is 2. The molecule has 8 heteroatoms. The van der Waals surface area contributed by atoms with E-state index in [0.29, 0.717) is 17.0 Å². The van der Waals surface area contributed by atoms with Crippen molar-refractivity contribution in [1.82, 2.24) is 14.2 Å². The molecule has 1 aromatic carbocycles. The summed E-state index contributed by atoms with van der Waals surface area (Å²) in [6.45, 7) is 0. The topological polar surface area (TPSA) is 92.4 Å². The van der Waals surface area contributed by atoms with E-state index >= 15 is 0 Å². The molecular weight excluding hydrogens is 278 g/mol. The Bertz CT molecular complexity index is 750. The molecule has 2 aromatic heterocycles. The minimum absolute atomic E-state index is 0.465. The van der Waals surface area contributed by atoms with Crippen molar-refractivity contribution in [2.75, 3.05) is 5.32 Å². The van der Waals surface area contributed by atoms with Gasteiger partial charge in [-0.1, -0.05) is 6.07 Å². The molecule has 2 amide bonds. The molecule has 0 aliphatic heterocycles. The Morgan fingerprint density at radius 3 is 3.10 bits per heavy atom. The lowest BCUT2D eigenvalue weighted by molar-refractivity contribution is 0.252. The van der Waals surface area contributed by atoms with Crippen LogP contribution in [-0.2, 0) is 0 Å². The second kappa shape index (κ2) is 5.49. The van der Waals surface area contributed by atoms with Crippen LogP contribution < -0.4 is 10.7 Å². The van der Waals surface area contributed by atoms with Gasteiger partial charge >= 0.3 is 6.03 Å². The Labute approximate surface area is 117 Å². The largest absolute Gasteiger partial charge is 0.463 e. The van der Waals surface area contributed by atoms with Crippen molar-refractivity contribution < 1.29 is 9.21 Å². The molecule has 0 bridgehead atoms. The van der Waals surface area contributed by atoms with Crippen LogP contribution in [0, 0.1) is 0 Å². The van der Waals surface area contributed by atoms with Crippen LogP contribution in [0.3, 0.4) is 0 Å². The van der Waals surface area contributed by atoms with Gasteiger partial charge < -0.3 is 9.73 Å². The average molecular weight is 287 g/mol. The summed E-state index contributed by atoms with van der Waals surface area (Å²) in [6.07, 6.45) is 2.93. The molecule has 0 radical (unpaired) electrons. The maximum absolute atomic E-state index is 11.7. The van der Waals surface area contributed by atoms with Gasteiger partial charge in [-0.2, -0.15) is 13.8 Å². The normalized spacial score (nSPS) is 11.0. The van der Waals surface area contributed by atoms with Gasteiger partial charge in [0.15, 0.2) is 0 Å². The van der Waals surface area contributed by atoms with Gasteiger partial charge in [0, 0.05) is 0 Å². The fourth-order valence-electron chi connectivity index (χ4n) is 1.58. The molecule has 7 nitrogen and oxygen atoms in total. The van der Waals surface area contributed by atoms with E-state index in [1.54, 1.807) is 24.3 Å². The first-order chi connectivity index (χ1) is 9.83. The van der Waals surface area contributed by atoms with Gasteiger partial charge in [-0.05, 0) is 24.3 Å². The highest BCUT2D eigenvalue weighted by atomic mass is 32.1. The number of hydrogen-bond donors (Lipinski definition) is 2. The van der Waals surface area contributed by atoms with Crippen molar-refractivity contribution in [2.45, 2.75) is 0 Å². The molecule has 3 rings (SSSR count). The van der Waals surface area contributed by atoms with Gasteiger partial charge in [-0.15, -0.1) is 0 Å². The van der Waals surface area contributed by atoms with Gasteiger partial charge in [0.25, 0.3) is 0 Å². The molecule has 20 heavy (non-hydrogen) atoms. The number of nitrogens with one attached hydrogen (secondary N) is 2. The van der Waals surface area contributed by atoms with E-state index in [4.69, 9.17) is 4.42 Å². The Kier molecular flexibility index (Phi) is 3.38. The smallest absolute Gasteiger partial charge is 0.339 e. The van der Waals surface area contributed by atoms with Crippen LogP contribution in [0.4, 0.5) is 10.5 Å². The zero-order valence-corrected chi connectivity index (χ0v) is 10.9. The second-order valence-corrected chi connectivity index (χ2v) is 4.31. The van der Waals surface area contributed by atoms with E-state index in [2.05, 4.69) is 24.6 Å². The number of anilines is 1. The first-order valence-corrected chi connectivity index (χ1v) is 6.41. The number of amides is 2. The molecule has 0 spiro atoms.